The van der Waals surface area contributed by atoms with Crippen molar-refractivity contribution in [2.24, 2.45) is 7.05 Å². The Kier molecular flexibility index (Phi) is 5.10. The minimum atomic E-state index is -4.44. The highest BCUT2D eigenvalue weighted by atomic mass is 32.2. The fraction of sp³-hybridized carbons (Fsp3) is 0.533. The van der Waals surface area contributed by atoms with E-state index in [1.807, 2.05) is 0 Å². The number of nitrogens with one attached hydrogen (secondary N) is 1. The van der Waals surface area contributed by atoms with Gasteiger partial charge in [-0.2, -0.15) is 13.2 Å². The van der Waals surface area contributed by atoms with Gasteiger partial charge in [0.25, 0.3) is 5.56 Å². The van der Waals surface area contributed by atoms with Crippen molar-refractivity contribution in [1.29, 1.82) is 0 Å². The van der Waals surface area contributed by atoms with Gasteiger partial charge in [-0.25, -0.2) is 4.98 Å². The Labute approximate surface area is 149 Å². The lowest BCUT2D eigenvalue weighted by Crippen LogP contribution is -2.34. The first kappa shape index (κ1) is 18.2. The van der Waals surface area contributed by atoms with E-state index in [0.29, 0.717) is 15.4 Å². The molecular weight excluding hydrogens is 375 g/mol. The van der Waals surface area contributed by atoms with Crippen LogP contribution in [0.25, 0.3) is 10.2 Å². The van der Waals surface area contributed by atoms with Crippen LogP contribution in [0.1, 0.15) is 23.3 Å². The van der Waals surface area contributed by atoms with Gasteiger partial charge in [0.05, 0.1) is 11.1 Å². The molecule has 0 spiro atoms. The molecule has 1 N–H and O–H groups in total. The van der Waals surface area contributed by atoms with Gasteiger partial charge in [0.2, 0.25) is 5.91 Å². The van der Waals surface area contributed by atoms with Gasteiger partial charge in [-0.05, 0) is 31.2 Å². The normalized spacial score (nSPS) is 14.6. The molecule has 0 saturated heterocycles. The molecule has 3 rings (SSSR count). The SMILES string of the molecule is Cn1c(SCC(=O)NCC(F)(F)F)nc2sc3c(c2c1=O)CCCC3. The number of amides is 1. The van der Waals surface area contributed by atoms with Crippen molar-refractivity contribution < 1.29 is 18.0 Å². The van der Waals surface area contributed by atoms with E-state index in [1.165, 1.54) is 20.8 Å². The van der Waals surface area contributed by atoms with Gasteiger partial charge >= 0.3 is 6.18 Å². The lowest BCUT2D eigenvalue weighted by molar-refractivity contribution is -0.136. The highest BCUT2D eigenvalue weighted by molar-refractivity contribution is 7.99. The number of thiophene rings is 1. The second-order valence-electron chi connectivity index (χ2n) is 5.83. The van der Waals surface area contributed by atoms with Crippen LogP contribution in [0, 0.1) is 0 Å². The number of hydrogen-bond acceptors (Lipinski definition) is 5. The quantitative estimate of drug-likeness (QED) is 0.643. The third kappa shape index (κ3) is 4.00. The summed E-state index contributed by atoms with van der Waals surface area (Å²) in [4.78, 5) is 30.5. The number of halogens is 3. The fourth-order valence-corrected chi connectivity index (χ4v) is 4.88. The Morgan fingerprint density at radius 3 is 2.80 bits per heavy atom. The average molecular weight is 391 g/mol. The second kappa shape index (κ2) is 6.99. The predicted octanol–water partition coefficient (Wildman–Crippen LogP) is 2.64. The molecule has 1 amide bonds. The molecule has 0 aliphatic heterocycles. The monoisotopic (exact) mass is 391 g/mol. The van der Waals surface area contributed by atoms with Crippen molar-refractivity contribution in [2.45, 2.75) is 37.0 Å². The van der Waals surface area contributed by atoms with E-state index in [9.17, 15) is 22.8 Å². The van der Waals surface area contributed by atoms with Crippen LogP contribution >= 0.6 is 23.1 Å². The molecule has 5 nitrogen and oxygen atoms in total. The minimum absolute atomic E-state index is 0.164. The summed E-state index contributed by atoms with van der Waals surface area (Å²) in [5.74, 6) is -0.977. The predicted molar refractivity (Wildman–Crippen MR) is 91.3 cm³/mol. The number of aromatic nitrogens is 2. The topological polar surface area (TPSA) is 64.0 Å². The molecule has 0 unspecified atom stereocenters. The highest BCUT2D eigenvalue weighted by Gasteiger charge is 2.28. The molecule has 1 aliphatic carbocycles. The third-order valence-electron chi connectivity index (χ3n) is 3.97. The zero-order chi connectivity index (χ0) is 18.2. The molecule has 0 saturated carbocycles. The first-order valence-electron chi connectivity index (χ1n) is 7.74. The summed E-state index contributed by atoms with van der Waals surface area (Å²) in [7, 11) is 1.57. The van der Waals surface area contributed by atoms with Crippen LogP contribution in [0.5, 0.6) is 0 Å². The number of carbonyl (C=O) groups is 1. The molecule has 0 fully saturated rings. The van der Waals surface area contributed by atoms with Crippen LogP contribution in [-0.4, -0.2) is 33.9 Å². The van der Waals surface area contributed by atoms with Crippen LogP contribution in [0.3, 0.4) is 0 Å². The number of thioether (sulfide) groups is 1. The number of carbonyl (C=O) groups excluding carboxylic acids is 1. The molecule has 1 aliphatic rings. The summed E-state index contributed by atoms with van der Waals surface area (Å²) < 4.78 is 37.7. The maximum Gasteiger partial charge on any atom is 0.405 e. The van der Waals surface area contributed by atoms with Crippen LogP contribution in [0.4, 0.5) is 13.2 Å². The van der Waals surface area contributed by atoms with Gasteiger partial charge in [-0.1, -0.05) is 11.8 Å². The van der Waals surface area contributed by atoms with Crippen LogP contribution < -0.4 is 10.9 Å². The van der Waals surface area contributed by atoms with Gasteiger partial charge in [-0.15, -0.1) is 11.3 Å². The summed E-state index contributed by atoms with van der Waals surface area (Å²) in [6.07, 6.45) is -0.472. The van der Waals surface area contributed by atoms with Gasteiger partial charge in [0.15, 0.2) is 5.16 Å². The first-order chi connectivity index (χ1) is 11.8. The van der Waals surface area contributed by atoms with Crippen LogP contribution in [0.15, 0.2) is 9.95 Å². The van der Waals surface area contributed by atoms with Crippen molar-refractivity contribution in [2.75, 3.05) is 12.3 Å². The van der Waals surface area contributed by atoms with E-state index in [4.69, 9.17) is 0 Å². The Morgan fingerprint density at radius 1 is 1.36 bits per heavy atom. The van der Waals surface area contributed by atoms with E-state index < -0.39 is 18.6 Å². The average Bonchev–Trinajstić information content (AvgIpc) is 2.92. The Bertz CT molecular complexity index is 873. The Morgan fingerprint density at radius 2 is 2.08 bits per heavy atom. The summed E-state index contributed by atoms with van der Waals surface area (Å²) in [5, 5.41) is 2.78. The van der Waals surface area contributed by atoms with E-state index >= 15 is 0 Å². The molecule has 10 heteroatoms. The first-order valence-corrected chi connectivity index (χ1v) is 9.54. The van der Waals surface area contributed by atoms with Crippen LogP contribution in [-0.2, 0) is 24.7 Å². The van der Waals surface area contributed by atoms with E-state index in [1.54, 1.807) is 12.4 Å². The van der Waals surface area contributed by atoms with Crippen LogP contribution in [0.2, 0.25) is 0 Å². The molecule has 25 heavy (non-hydrogen) atoms. The maximum absolute atomic E-state index is 12.7. The molecule has 0 aromatic carbocycles. The van der Waals surface area contributed by atoms with Crippen molar-refractivity contribution in [3.05, 3.63) is 20.8 Å². The maximum atomic E-state index is 12.7. The van der Waals surface area contributed by atoms with Crippen molar-refractivity contribution in [1.82, 2.24) is 14.9 Å². The zero-order valence-corrected chi connectivity index (χ0v) is 15.0. The molecular formula is C15H16F3N3O2S2. The lowest BCUT2D eigenvalue weighted by Gasteiger charge is -2.11. The standard InChI is InChI=1S/C15H16F3N3O2S2/c1-21-13(23)11-8-4-2-3-5-9(8)25-12(11)20-14(21)24-6-10(22)19-7-15(16,17)18/h2-7H2,1H3,(H,19,22). The smallest absolute Gasteiger partial charge is 0.346 e. The van der Waals surface area contributed by atoms with Gasteiger partial charge in [0.1, 0.15) is 11.4 Å². The summed E-state index contributed by atoms with van der Waals surface area (Å²) in [5.41, 5.74) is 0.918. The number of hydrogen-bond donors (Lipinski definition) is 1. The van der Waals surface area contributed by atoms with E-state index in [0.717, 1.165) is 43.0 Å². The second-order valence-corrected chi connectivity index (χ2v) is 7.86. The van der Waals surface area contributed by atoms with Crippen molar-refractivity contribution in [3.63, 3.8) is 0 Å². The number of nitrogens with zero attached hydrogens (tertiary/aromatic N) is 2. The summed E-state index contributed by atoms with van der Waals surface area (Å²) >= 11 is 2.46. The van der Waals surface area contributed by atoms with E-state index in [-0.39, 0.29) is 11.3 Å². The van der Waals surface area contributed by atoms with E-state index in [2.05, 4.69) is 4.98 Å². The van der Waals surface area contributed by atoms with Crippen molar-refractivity contribution >= 4 is 39.2 Å². The fourth-order valence-electron chi connectivity index (χ4n) is 2.78. The summed E-state index contributed by atoms with van der Waals surface area (Å²) in [6, 6.07) is 0. The molecule has 2 aromatic rings. The molecule has 136 valence electrons. The Balaban J connectivity index is 1.80. The third-order valence-corrected chi connectivity index (χ3v) is 6.19. The molecule has 0 atom stereocenters. The molecule has 2 aromatic heterocycles. The number of rotatable bonds is 4. The highest BCUT2D eigenvalue weighted by Crippen LogP contribution is 2.34. The lowest BCUT2D eigenvalue weighted by atomic mass is 9.97. The number of alkyl halides is 3. The molecule has 0 bridgehead atoms. The zero-order valence-electron chi connectivity index (χ0n) is 13.4. The van der Waals surface area contributed by atoms with Crippen molar-refractivity contribution in [3.8, 4) is 0 Å². The molecule has 0 radical (unpaired) electrons. The number of fused-ring (bicyclic) bond motifs is 3. The van der Waals surface area contributed by atoms with Gasteiger partial charge in [-0.3, -0.25) is 14.2 Å². The summed E-state index contributed by atoms with van der Waals surface area (Å²) in [6.45, 7) is -1.37. The Hall–Kier alpha value is -1.55. The number of aryl methyl sites for hydroxylation is 2. The molecule has 2 heterocycles. The van der Waals surface area contributed by atoms with Gasteiger partial charge < -0.3 is 5.32 Å². The van der Waals surface area contributed by atoms with Gasteiger partial charge in [0, 0.05) is 11.9 Å². The minimum Gasteiger partial charge on any atom is -0.346 e. The largest absolute Gasteiger partial charge is 0.405 e.